The molecule has 0 radical (unpaired) electrons. The minimum absolute atomic E-state index is 0.267. The zero-order chi connectivity index (χ0) is 8.32. The number of ketones is 1. The Labute approximate surface area is 67.9 Å². The highest BCUT2D eigenvalue weighted by atomic mass is 16.5. The van der Waals surface area contributed by atoms with Crippen LogP contribution in [0.1, 0.15) is 32.6 Å². The molecule has 1 aliphatic carbocycles. The topological polar surface area (TPSA) is 26.3 Å². The molecule has 0 saturated heterocycles. The third-order valence-electron chi connectivity index (χ3n) is 2.51. The molecule has 0 amide bonds. The highest BCUT2D eigenvalue weighted by Crippen LogP contribution is 2.34. The van der Waals surface area contributed by atoms with Crippen molar-refractivity contribution in [3.8, 4) is 0 Å². The fourth-order valence-corrected chi connectivity index (χ4v) is 1.63. The number of rotatable bonds is 2. The van der Waals surface area contributed by atoms with E-state index in [9.17, 15) is 4.79 Å². The summed E-state index contributed by atoms with van der Waals surface area (Å²) in [6.07, 6.45) is 3.50. The van der Waals surface area contributed by atoms with Crippen molar-refractivity contribution in [3.63, 3.8) is 0 Å². The van der Waals surface area contributed by atoms with Crippen LogP contribution in [-0.2, 0) is 9.53 Å². The van der Waals surface area contributed by atoms with E-state index in [-0.39, 0.29) is 5.41 Å². The van der Waals surface area contributed by atoms with E-state index in [1.54, 1.807) is 7.11 Å². The number of Topliss-reactive ketones (excluding diaryl/α,β-unsaturated/α-hetero) is 1. The zero-order valence-corrected chi connectivity index (χ0v) is 7.35. The molecule has 0 aromatic heterocycles. The average Bonchev–Trinajstić information content (AvgIpc) is 1.97. The zero-order valence-electron chi connectivity index (χ0n) is 7.35. The number of ether oxygens (including phenoxy) is 1. The molecule has 0 unspecified atom stereocenters. The molecule has 0 bridgehead atoms. The van der Waals surface area contributed by atoms with E-state index in [0.29, 0.717) is 5.78 Å². The summed E-state index contributed by atoms with van der Waals surface area (Å²) in [5.41, 5.74) is 0.267. The molecule has 0 heterocycles. The molecule has 1 fully saturated rings. The standard InChI is InChI=1S/C9H16O2/c1-9(7-11-2)5-3-8(10)4-6-9/h3-7H2,1-2H3. The molecule has 11 heavy (non-hydrogen) atoms. The Morgan fingerprint density at radius 3 is 2.45 bits per heavy atom. The van der Waals surface area contributed by atoms with Crippen LogP contribution in [0.2, 0.25) is 0 Å². The normalized spacial score (nSPS) is 23.6. The van der Waals surface area contributed by atoms with Crippen LogP contribution < -0.4 is 0 Å². The van der Waals surface area contributed by atoms with E-state index in [1.165, 1.54) is 0 Å². The number of hydrogen-bond acceptors (Lipinski definition) is 2. The van der Waals surface area contributed by atoms with Crippen LogP contribution in [0.15, 0.2) is 0 Å². The second kappa shape index (κ2) is 3.35. The first-order valence-corrected chi connectivity index (χ1v) is 4.17. The van der Waals surface area contributed by atoms with Crippen molar-refractivity contribution in [2.24, 2.45) is 5.41 Å². The summed E-state index contributed by atoms with van der Waals surface area (Å²) in [5.74, 6) is 0.415. The fourth-order valence-electron chi connectivity index (χ4n) is 1.63. The van der Waals surface area contributed by atoms with Crippen molar-refractivity contribution >= 4 is 5.78 Å². The molecule has 1 saturated carbocycles. The van der Waals surface area contributed by atoms with Gasteiger partial charge in [0.05, 0.1) is 6.61 Å². The first kappa shape index (κ1) is 8.72. The van der Waals surface area contributed by atoms with Gasteiger partial charge in [-0.25, -0.2) is 0 Å². The van der Waals surface area contributed by atoms with Crippen LogP contribution in [-0.4, -0.2) is 19.5 Å². The van der Waals surface area contributed by atoms with Crippen LogP contribution in [0.4, 0.5) is 0 Å². The lowest BCUT2D eigenvalue weighted by Crippen LogP contribution is -2.28. The Morgan fingerprint density at radius 2 is 2.00 bits per heavy atom. The predicted molar refractivity (Wildman–Crippen MR) is 43.5 cm³/mol. The molecule has 2 nitrogen and oxygen atoms in total. The highest BCUT2D eigenvalue weighted by molar-refractivity contribution is 5.79. The quantitative estimate of drug-likeness (QED) is 0.609. The smallest absolute Gasteiger partial charge is 0.132 e. The number of methoxy groups -OCH3 is 1. The number of carbonyl (C=O) groups excluding carboxylic acids is 1. The molecule has 0 aromatic rings. The molecule has 1 aliphatic rings. The van der Waals surface area contributed by atoms with Gasteiger partial charge in [0.1, 0.15) is 5.78 Å². The van der Waals surface area contributed by atoms with Gasteiger partial charge in [0.2, 0.25) is 0 Å². The summed E-state index contributed by atoms with van der Waals surface area (Å²) < 4.78 is 5.11. The van der Waals surface area contributed by atoms with Crippen LogP contribution in [0.3, 0.4) is 0 Å². The van der Waals surface area contributed by atoms with E-state index in [1.807, 2.05) is 0 Å². The molecule has 0 aromatic carbocycles. The minimum Gasteiger partial charge on any atom is -0.384 e. The Bertz CT molecular complexity index is 142. The Morgan fingerprint density at radius 1 is 1.45 bits per heavy atom. The summed E-state index contributed by atoms with van der Waals surface area (Å²) >= 11 is 0. The SMILES string of the molecule is COCC1(C)CCC(=O)CC1. The molecule has 0 N–H and O–H groups in total. The monoisotopic (exact) mass is 156 g/mol. The first-order valence-electron chi connectivity index (χ1n) is 4.17. The maximum atomic E-state index is 10.9. The Hall–Kier alpha value is -0.370. The Kier molecular flexibility index (Phi) is 2.66. The van der Waals surface area contributed by atoms with Crippen LogP contribution >= 0.6 is 0 Å². The van der Waals surface area contributed by atoms with Gasteiger partial charge < -0.3 is 4.74 Å². The molecular weight excluding hydrogens is 140 g/mol. The van der Waals surface area contributed by atoms with Gasteiger partial charge in [-0.3, -0.25) is 4.79 Å². The summed E-state index contributed by atoms with van der Waals surface area (Å²) in [4.78, 5) is 10.9. The number of hydrogen-bond donors (Lipinski definition) is 0. The highest BCUT2D eigenvalue weighted by Gasteiger charge is 2.29. The van der Waals surface area contributed by atoms with Gasteiger partial charge in [-0.2, -0.15) is 0 Å². The predicted octanol–water partition coefficient (Wildman–Crippen LogP) is 1.78. The lowest BCUT2D eigenvalue weighted by atomic mass is 9.76. The second-order valence-electron chi connectivity index (χ2n) is 3.78. The molecular formula is C9H16O2. The van der Waals surface area contributed by atoms with Gasteiger partial charge in [-0.15, -0.1) is 0 Å². The fraction of sp³-hybridized carbons (Fsp3) is 0.889. The van der Waals surface area contributed by atoms with E-state index in [2.05, 4.69) is 6.92 Å². The lowest BCUT2D eigenvalue weighted by molar-refractivity contribution is -0.122. The second-order valence-corrected chi connectivity index (χ2v) is 3.78. The number of carbonyl (C=O) groups is 1. The van der Waals surface area contributed by atoms with Gasteiger partial charge in [-0.1, -0.05) is 6.92 Å². The van der Waals surface area contributed by atoms with Gasteiger partial charge >= 0.3 is 0 Å². The summed E-state index contributed by atoms with van der Waals surface area (Å²) in [6.45, 7) is 2.99. The van der Waals surface area contributed by atoms with Crippen LogP contribution in [0.25, 0.3) is 0 Å². The van der Waals surface area contributed by atoms with Crippen molar-refractivity contribution in [1.29, 1.82) is 0 Å². The van der Waals surface area contributed by atoms with E-state index >= 15 is 0 Å². The van der Waals surface area contributed by atoms with Gasteiger partial charge in [-0.05, 0) is 18.3 Å². The third kappa shape index (κ3) is 2.29. The largest absolute Gasteiger partial charge is 0.384 e. The van der Waals surface area contributed by atoms with E-state index in [4.69, 9.17) is 4.74 Å². The summed E-state index contributed by atoms with van der Waals surface area (Å²) in [5, 5.41) is 0. The van der Waals surface area contributed by atoms with Crippen molar-refractivity contribution in [1.82, 2.24) is 0 Å². The third-order valence-corrected chi connectivity index (χ3v) is 2.51. The van der Waals surface area contributed by atoms with Crippen molar-refractivity contribution in [2.75, 3.05) is 13.7 Å². The molecule has 0 atom stereocenters. The lowest BCUT2D eigenvalue weighted by Gasteiger charge is -2.31. The van der Waals surface area contributed by atoms with Crippen molar-refractivity contribution in [3.05, 3.63) is 0 Å². The molecule has 2 heteroatoms. The Balaban J connectivity index is 2.41. The minimum atomic E-state index is 0.267. The van der Waals surface area contributed by atoms with E-state index in [0.717, 1.165) is 32.3 Å². The van der Waals surface area contributed by atoms with E-state index < -0.39 is 0 Å². The van der Waals surface area contributed by atoms with Gasteiger partial charge in [0.25, 0.3) is 0 Å². The molecule has 64 valence electrons. The molecule has 0 aliphatic heterocycles. The summed E-state index contributed by atoms with van der Waals surface area (Å²) in [7, 11) is 1.72. The van der Waals surface area contributed by atoms with Crippen LogP contribution in [0, 0.1) is 5.41 Å². The van der Waals surface area contributed by atoms with Crippen molar-refractivity contribution < 1.29 is 9.53 Å². The maximum Gasteiger partial charge on any atom is 0.132 e. The van der Waals surface area contributed by atoms with Crippen molar-refractivity contribution in [2.45, 2.75) is 32.6 Å². The molecule has 1 rings (SSSR count). The van der Waals surface area contributed by atoms with Gasteiger partial charge in [0, 0.05) is 20.0 Å². The molecule has 0 spiro atoms. The maximum absolute atomic E-state index is 10.9. The van der Waals surface area contributed by atoms with Crippen LogP contribution in [0.5, 0.6) is 0 Å². The first-order chi connectivity index (χ1) is 5.16. The summed E-state index contributed by atoms with van der Waals surface area (Å²) in [6, 6.07) is 0. The van der Waals surface area contributed by atoms with Gasteiger partial charge in [0.15, 0.2) is 0 Å². The average molecular weight is 156 g/mol.